The molecule has 1 unspecified atom stereocenters. The Labute approximate surface area is 280 Å². The maximum absolute atomic E-state index is 14.0. The van der Waals surface area contributed by atoms with E-state index in [0.29, 0.717) is 65.9 Å². The Hall–Kier alpha value is -3.96. The summed E-state index contributed by atoms with van der Waals surface area (Å²) in [5, 5.41) is 1.27. The van der Waals surface area contributed by atoms with Crippen molar-refractivity contribution in [2.45, 2.75) is 30.7 Å². The third kappa shape index (κ3) is 6.60. The lowest BCUT2D eigenvalue weighted by molar-refractivity contribution is 0.122. The van der Waals surface area contributed by atoms with E-state index in [1.807, 2.05) is 49.5 Å². The molecular weight excluding hydrogens is 634 g/mol. The second-order valence-electron chi connectivity index (χ2n) is 12.7. The van der Waals surface area contributed by atoms with Crippen molar-refractivity contribution < 1.29 is 13.2 Å². The van der Waals surface area contributed by atoms with Crippen molar-refractivity contribution in [2.24, 2.45) is 5.92 Å². The largest absolute Gasteiger partial charge is 0.378 e. The lowest BCUT2D eigenvalue weighted by Crippen LogP contribution is -2.36. The van der Waals surface area contributed by atoms with Crippen LogP contribution in [0.25, 0.3) is 22.2 Å². The first-order valence-corrected chi connectivity index (χ1v) is 17.8. The number of halogens is 1. The molecule has 3 aromatic heterocycles. The number of nitrogens with zero attached hydrogens (tertiary/aromatic N) is 5. The zero-order valence-corrected chi connectivity index (χ0v) is 28.1. The van der Waals surface area contributed by atoms with E-state index in [-0.39, 0.29) is 16.5 Å². The minimum Gasteiger partial charge on any atom is -0.378 e. The van der Waals surface area contributed by atoms with E-state index in [1.54, 1.807) is 47.3 Å². The number of anilines is 1. The van der Waals surface area contributed by atoms with Gasteiger partial charge in [0.25, 0.3) is 15.6 Å². The molecule has 0 spiro atoms. The second kappa shape index (κ2) is 12.9. The molecule has 0 amide bonds. The summed E-state index contributed by atoms with van der Waals surface area (Å²) >= 11 is 6.40. The van der Waals surface area contributed by atoms with Crippen molar-refractivity contribution in [1.82, 2.24) is 18.4 Å². The Balaban J connectivity index is 1.33. The predicted octanol–water partition coefficient (Wildman–Crippen LogP) is 5.83. The van der Waals surface area contributed by atoms with Crippen molar-refractivity contribution in [3.63, 3.8) is 0 Å². The summed E-state index contributed by atoms with van der Waals surface area (Å²) in [5.41, 5.74) is 4.15. The van der Waals surface area contributed by atoms with Crippen LogP contribution in [-0.4, -0.2) is 73.3 Å². The van der Waals surface area contributed by atoms with E-state index in [4.69, 9.17) is 16.3 Å². The molecule has 244 valence electrons. The summed E-state index contributed by atoms with van der Waals surface area (Å²) < 4.78 is 36.5. The standard InChI is InChI=1S/C36H38ClN5O4S/c1-25-6-10-31(11-7-25)47(44,45)42-23-33(32-20-30(21-38-36(32)42)40-14-16-46-17-15-40)27-12-13-41(35(43)19-27)34(24-39(2)22-26-8-9-26)28-4-3-5-29(37)18-28/h3-7,10-13,18-21,23,26,34H,8-9,14-17,22,24H2,1-2H3. The molecule has 11 heteroatoms. The molecule has 2 fully saturated rings. The highest BCUT2D eigenvalue weighted by atomic mass is 35.5. The predicted molar refractivity (Wildman–Crippen MR) is 186 cm³/mol. The Morgan fingerprint density at radius 3 is 2.51 bits per heavy atom. The van der Waals surface area contributed by atoms with Crippen LogP contribution < -0.4 is 10.5 Å². The molecule has 2 aliphatic rings. The smallest absolute Gasteiger partial charge is 0.269 e. The van der Waals surface area contributed by atoms with Crippen LogP contribution in [0.3, 0.4) is 0 Å². The maximum atomic E-state index is 14.0. The van der Waals surface area contributed by atoms with Crippen LogP contribution in [-0.2, 0) is 14.8 Å². The fourth-order valence-electron chi connectivity index (χ4n) is 6.39. The molecule has 0 bridgehead atoms. The second-order valence-corrected chi connectivity index (χ2v) is 15.0. The van der Waals surface area contributed by atoms with Crippen LogP contribution in [0.5, 0.6) is 0 Å². The highest BCUT2D eigenvalue weighted by Gasteiger charge is 2.27. The molecule has 2 aromatic carbocycles. The van der Waals surface area contributed by atoms with E-state index in [0.717, 1.165) is 23.4 Å². The zero-order valence-electron chi connectivity index (χ0n) is 26.5. The molecule has 1 atom stereocenters. The summed E-state index contributed by atoms with van der Waals surface area (Å²) in [6.45, 7) is 6.18. The number of hydrogen-bond acceptors (Lipinski definition) is 7. The maximum Gasteiger partial charge on any atom is 0.269 e. The van der Waals surface area contributed by atoms with Gasteiger partial charge in [0, 0.05) is 60.6 Å². The van der Waals surface area contributed by atoms with Gasteiger partial charge in [-0.25, -0.2) is 17.4 Å². The van der Waals surface area contributed by atoms with Crippen LogP contribution in [0.15, 0.2) is 95.0 Å². The Bertz CT molecular complexity index is 2080. The first-order valence-electron chi connectivity index (χ1n) is 16.0. The third-order valence-corrected chi connectivity index (χ3v) is 11.0. The molecule has 1 saturated carbocycles. The van der Waals surface area contributed by atoms with Gasteiger partial charge in [0.1, 0.15) is 0 Å². The van der Waals surface area contributed by atoms with Gasteiger partial charge in [0.05, 0.1) is 36.0 Å². The Morgan fingerprint density at radius 2 is 1.81 bits per heavy atom. The van der Waals surface area contributed by atoms with E-state index in [9.17, 15) is 13.2 Å². The van der Waals surface area contributed by atoms with Crippen LogP contribution >= 0.6 is 11.6 Å². The fourth-order valence-corrected chi connectivity index (χ4v) is 7.92. The average molecular weight is 672 g/mol. The number of morpholine rings is 1. The normalized spacial score (nSPS) is 16.2. The molecule has 47 heavy (non-hydrogen) atoms. The summed E-state index contributed by atoms with van der Waals surface area (Å²) in [7, 11) is -1.88. The number of aromatic nitrogens is 3. The van der Waals surface area contributed by atoms with Crippen LogP contribution in [0.4, 0.5) is 5.69 Å². The molecule has 0 radical (unpaired) electrons. The van der Waals surface area contributed by atoms with Crippen molar-refractivity contribution in [1.29, 1.82) is 0 Å². The van der Waals surface area contributed by atoms with E-state index >= 15 is 0 Å². The number of ether oxygens (including phenoxy) is 1. The van der Waals surface area contributed by atoms with Crippen molar-refractivity contribution in [3.05, 3.63) is 112 Å². The molecule has 1 aliphatic carbocycles. The van der Waals surface area contributed by atoms with E-state index in [1.165, 1.54) is 16.8 Å². The van der Waals surface area contributed by atoms with Crippen LogP contribution in [0, 0.1) is 12.8 Å². The van der Waals surface area contributed by atoms with Gasteiger partial charge in [0.15, 0.2) is 5.65 Å². The number of likely N-dealkylation sites (N-methyl/N-ethyl adjacent to an activating group) is 1. The summed E-state index contributed by atoms with van der Waals surface area (Å²) in [4.78, 5) is 23.3. The van der Waals surface area contributed by atoms with Crippen LogP contribution in [0.1, 0.15) is 30.0 Å². The Morgan fingerprint density at radius 1 is 1.04 bits per heavy atom. The van der Waals surface area contributed by atoms with Gasteiger partial charge in [-0.1, -0.05) is 41.4 Å². The summed E-state index contributed by atoms with van der Waals surface area (Å²) in [6, 6.07) is 19.6. The fraction of sp³-hybridized carbons (Fsp3) is 0.333. The molecule has 7 rings (SSSR count). The highest BCUT2D eigenvalue weighted by molar-refractivity contribution is 7.90. The number of aryl methyl sites for hydroxylation is 1. The SMILES string of the molecule is Cc1ccc(S(=O)(=O)n2cc(-c3ccn(C(CN(C)CC4CC4)c4cccc(Cl)c4)c(=O)c3)c3cc(N4CCOCC4)cnc32)cc1. The first-order chi connectivity index (χ1) is 22.7. The van der Waals surface area contributed by atoms with Gasteiger partial charge in [-0.05, 0) is 80.3 Å². The van der Waals surface area contributed by atoms with Crippen molar-refractivity contribution in [2.75, 3.05) is 51.3 Å². The number of fused-ring (bicyclic) bond motifs is 1. The van der Waals surface area contributed by atoms with E-state index < -0.39 is 10.0 Å². The summed E-state index contributed by atoms with van der Waals surface area (Å²) in [6.07, 6.45) is 7.61. The number of hydrogen-bond donors (Lipinski definition) is 0. The monoisotopic (exact) mass is 671 g/mol. The van der Waals surface area contributed by atoms with Gasteiger partial charge < -0.3 is 19.1 Å². The molecule has 5 aromatic rings. The third-order valence-electron chi connectivity index (χ3n) is 9.13. The van der Waals surface area contributed by atoms with Gasteiger partial charge in [-0.15, -0.1) is 0 Å². The quantitative estimate of drug-likeness (QED) is 0.185. The van der Waals surface area contributed by atoms with Crippen LogP contribution in [0.2, 0.25) is 5.02 Å². The lowest BCUT2D eigenvalue weighted by Gasteiger charge is -2.28. The van der Waals surface area contributed by atoms with Crippen molar-refractivity contribution in [3.8, 4) is 11.1 Å². The number of benzene rings is 2. The van der Waals surface area contributed by atoms with Gasteiger partial charge in [-0.3, -0.25) is 4.79 Å². The van der Waals surface area contributed by atoms with E-state index in [2.05, 4.69) is 21.8 Å². The molecule has 0 N–H and O–H groups in total. The van der Waals surface area contributed by atoms with Gasteiger partial charge in [-0.2, -0.15) is 0 Å². The average Bonchev–Trinajstić information content (AvgIpc) is 3.80. The number of pyridine rings is 2. The van der Waals surface area contributed by atoms with Crippen molar-refractivity contribution >= 4 is 38.3 Å². The lowest BCUT2D eigenvalue weighted by atomic mass is 10.0. The van der Waals surface area contributed by atoms with Gasteiger partial charge >= 0.3 is 0 Å². The first kappa shape index (κ1) is 31.6. The topological polar surface area (TPSA) is 89.7 Å². The molecule has 1 aliphatic heterocycles. The zero-order chi connectivity index (χ0) is 32.7. The Kier molecular flexibility index (Phi) is 8.69. The van der Waals surface area contributed by atoms with Gasteiger partial charge in [0.2, 0.25) is 0 Å². The number of rotatable bonds is 10. The summed E-state index contributed by atoms with van der Waals surface area (Å²) in [5.74, 6) is 0.712. The minimum atomic E-state index is -3.98. The molecular formula is C36H38ClN5O4S. The molecule has 9 nitrogen and oxygen atoms in total. The molecule has 4 heterocycles. The molecule has 1 saturated heterocycles. The highest BCUT2D eigenvalue weighted by Crippen LogP contribution is 2.35. The minimum absolute atomic E-state index is 0.167.